The first-order chi connectivity index (χ1) is 10.3. The first-order valence-corrected chi connectivity index (χ1v) is 7.98. The molecule has 1 aromatic heterocycles. The molecule has 2 aromatic carbocycles. The van der Waals surface area contributed by atoms with Crippen LogP contribution in [0.2, 0.25) is 0 Å². The third-order valence-corrected chi connectivity index (χ3v) is 4.52. The Balaban J connectivity index is 1.93. The van der Waals surface area contributed by atoms with Gasteiger partial charge in [-0.05, 0) is 38.4 Å². The van der Waals surface area contributed by atoms with Crippen LogP contribution in [0.4, 0.5) is 0 Å². The lowest BCUT2D eigenvalue weighted by atomic mass is 10.1. The number of nitrogens with one attached hydrogen (secondary N) is 1. The number of aromatic nitrogens is 1. The molecule has 21 heavy (non-hydrogen) atoms. The van der Waals surface area contributed by atoms with Gasteiger partial charge in [-0.15, -0.1) is 0 Å². The lowest BCUT2D eigenvalue weighted by Gasteiger charge is -2.14. The minimum Gasteiger partial charge on any atom is -0.340 e. The maximum absolute atomic E-state index is 3.40. The molecule has 0 fully saturated rings. The van der Waals surface area contributed by atoms with E-state index in [4.69, 9.17) is 0 Å². The van der Waals surface area contributed by atoms with E-state index in [2.05, 4.69) is 72.4 Å². The second-order valence-electron chi connectivity index (χ2n) is 5.72. The maximum atomic E-state index is 3.40. The van der Waals surface area contributed by atoms with Gasteiger partial charge in [0, 0.05) is 34.4 Å². The molecule has 0 spiro atoms. The van der Waals surface area contributed by atoms with Crippen molar-refractivity contribution in [3.8, 4) is 0 Å². The van der Waals surface area contributed by atoms with Gasteiger partial charge in [0.1, 0.15) is 0 Å². The van der Waals surface area contributed by atoms with Gasteiger partial charge in [-0.3, -0.25) is 0 Å². The number of benzene rings is 2. The van der Waals surface area contributed by atoms with Crippen molar-refractivity contribution >= 4 is 21.8 Å². The summed E-state index contributed by atoms with van der Waals surface area (Å²) in [6.45, 7) is 3.34. The molecule has 0 amide bonds. The normalized spacial score (nSPS) is 13.0. The Morgan fingerprint density at radius 1 is 0.952 bits per heavy atom. The van der Waals surface area contributed by atoms with Crippen molar-refractivity contribution in [3.63, 3.8) is 0 Å². The van der Waals surface area contributed by atoms with Gasteiger partial charge in [-0.2, -0.15) is 0 Å². The van der Waals surface area contributed by atoms with Crippen molar-refractivity contribution in [3.05, 3.63) is 48.5 Å². The number of fused-ring (bicyclic) bond motifs is 3. The summed E-state index contributed by atoms with van der Waals surface area (Å²) in [7, 11) is 2.06. The van der Waals surface area contributed by atoms with Crippen LogP contribution in [0, 0.1) is 0 Å². The summed E-state index contributed by atoms with van der Waals surface area (Å²) in [6, 6.07) is 18.1. The highest BCUT2D eigenvalue weighted by Gasteiger charge is 2.10. The zero-order chi connectivity index (χ0) is 14.7. The molecular weight excluding hydrogens is 256 g/mol. The quantitative estimate of drug-likeness (QED) is 0.699. The van der Waals surface area contributed by atoms with Crippen LogP contribution in [0.1, 0.15) is 26.2 Å². The topological polar surface area (TPSA) is 17.0 Å². The number of hydrogen-bond acceptors (Lipinski definition) is 1. The molecule has 0 saturated heterocycles. The predicted molar refractivity (Wildman–Crippen MR) is 91.8 cm³/mol. The summed E-state index contributed by atoms with van der Waals surface area (Å²) >= 11 is 0. The SMILES string of the molecule is CCC(CCCn1c2ccccc2c2ccccc21)NC. The molecule has 2 nitrogen and oxygen atoms in total. The summed E-state index contributed by atoms with van der Waals surface area (Å²) in [5.74, 6) is 0. The highest BCUT2D eigenvalue weighted by atomic mass is 15.0. The molecule has 0 aliphatic rings. The highest BCUT2D eigenvalue weighted by molar-refractivity contribution is 6.07. The van der Waals surface area contributed by atoms with Crippen molar-refractivity contribution in [2.45, 2.75) is 38.8 Å². The lowest BCUT2D eigenvalue weighted by molar-refractivity contribution is 0.474. The van der Waals surface area contributed by atoms with Gasteiger partial charge in [0.05, 0.1) is 0 Å². The van der Waals surface area contributed by atoms with Crippen LogP contribution in [0.15, 0.2) is 48.5 Å². The molecule has 3 aromatic rings. The van der Waals surface area contributed by atoms with E-state index in [9.17, 15) is 0 Å². The molecule has 0 saturated carbocycles. The summed E-state index contributed by atoms with van der Waals surface area (Å²) in [4.78, 5) is 0. The molecule has 1 N–H and O–H groups in total. The van der Waals surface area contributed by atoms with E-state index in [1.165, 1.54) is 41.1 Å². The third-order valence-electron chi connectivity index (χ3n) is 4.52. The Hall–Kier alpha value is -1.80. The Morgan fingerprint density at radius 3 is 2.05 bits per heavy atom. The van der Waals surface area contributed by atoms with Crippen LogP contribution in [0.5, 0.6) is 0 Å². The van der Waals surface area contributed by atoms with E-state index >= 15 is 0 Å². The highest BCUT2D eigenvalue weighted by Crippen LogP contribution is 2.29. The molecule has 0 aliphatic heterocycles. The van der Waals surface area contributed by atoms with Crippen molar-refractivity contribution in [1.29, 1.82) is 0 Å². The lowest BCUT2D eigenvalue weighted by Crippen LogP contribution is -2.24. The summed E-state index contributed by atoms with van der Waals surface area (Å²) in [6.07, 6.45) is 3.64. The van der Waals surface area contributed by atoms with Crippen LogP contribution in [0.25, 0.3) is 21.8 Å². The van der Waals surface area contributed by atoms with Crippen LogP contribution in [-0.2, 0) is 6.54 Å². The second kappa shape index (κ2) is 6.31. The first kappa shape index (κ1) is 14.2. The Bertz CT molecular complexity index is 669. The van der Waals surface area contributed by atoms with E-state index in [0.717, 1.165) is 6.54 Å². The smallest absolute Gasteiger partial charge is 0.0491 e. The van der Waals surface area contributed by atoms with Crippen molar-refractivity contribution in [2.24, 2.45) is 0 Å². The molecule has 3 rings (SSSR count). The molecule has 0 bridgehead atoms. The average molecular weight is 280 g/mol. The van der Waals surface area contributed by atoms with Gasteiger partial charge in [-0.25, -0.2) is 0 Å². The fraction of sp³-hybridized carbons (Fsp3) is 0.368. The van der Waals surface area contributed by atoms with Gasteiger partial charge in [-0.1, -0.05) is 43.3 Å². The monoisotopic (exact) mass is 280 g/mol. The van der Waals surface area contributed by atoms with Crippen molar-refractivity contribution < 1.29 is 0 Å². The molecule has 0 aliphatic carbocycles. The zero-order valence-electron chi connectivity index (χ0n) is 13.0. The Labute approximate surface area is 126 Å². The van der Waals surface area contributed by atoms with Gasteiger partial charge >= 0.3 is 0 Å². The minimum atomic E-state index is 0.637. The summed E-state index contributed by atoms with van der Waals surface area (Å²) in [5, 5.41) is 6.14. The number of para-hydroxylation sites is 2. The predicted octanol–water partition coefficient (Wildman–Crippen LogP) is 4.57. The van der Waals surface area contributed by atoms with E-state index in [1.54, 1.807) is 0 Å². The fourth-order valence-corrected chi connectivity index (χ4v) is 3.29. The number of rotatable bonds is 6. The first-order valence-electron chi connectivity index (χ1n) is 7.98. The molecule has 1 unspecified atom stereocenters. The summed E-state index contributed by atoms with van der Waals surface area (Å²) in [5.41, 5.74) is 2.72. The maximum Gasteiger partial charge on any atom is 0.0491 e. The van der Waals surface area contributed by atoms with Crippen LogP contribution in [-0.4, -0.2) is 17.7 Å². The Morgan fingerprint density at radius 2 is 1.52 bits per heavy atom. The van der Waals surface area contributed by atoms with E-state index in [1.807, 2.05) is 0 Å². The van der Waals surface area contributed by atoms with Crippen LogP contribution < -0.4 is 5.32 Å². The molecule has 1 heterocycles. The fourth-order valence-electron chi connectivity index (χ4n) is 3.29. The number of aryl methyl sites for hydroxylation is 1. The van der Waals surface area contributed by atoms with Crippen LogP contribution in [0.3, 0.4) is 0 Å². The van der Waals surface area contributed by atoms with E-state index < -0.39 is 0 Å². The number of hydrogen-bond donors (Lipinski definition) is 1. The van der Waals surface area contributed by atoms with Gasteiger partial charge < -0.3 is 9.88 Å². The van der Waals surface area contributed by atoms with E-state index in [-0.39, 0.29) is 0 Å². The molecule has 1 atom stereocenters. The molecular formula is C19H24N2. The third kappa shape index (κ3) is 2.68. The molecule has 2 heteroatoms. The van der Waals surface area contributed by atoms with Crippen LogP contribution >= 0.6 is 0 Å². The standard InChI is InChI=1S/C19H24N2/c1-3-15(20-2)9-8-14-21-18-12-6-4-10-16(18)17-11-5-7-13-19(17)21/h4-7,10-13,15,20H,3,8-9,14H2,1-2H3. The van der Waals surface area contributed by atoms with Gasteiger partial charge in [0.2, 0.25) is 0 Å². The average Bonchev–Trinajstić information content (AvgIpc) is 2.86. The van der Waals surface area contributed by atoms with Crippen molar-refractivity contribution in [1.82, 2.24) is 9.88 Å². The van der Waals surface area contributed by atoms with E-state index in [0.29, 0.717) is 6.04 Å². The molecule has 0 radical (unpaired) electrons. The summed E-state index contributed by atoms with van der Waals surface area (Å²) < 4.78 is 2.48. The minimum absolute atomic E-state index is 0.637. The van der Waals surface area contributed by atoms with Gasteiger partial charge in [0.25, 0.3) is 0 Å². The Kier molecular flexibility index (Phi) is 4.26. The second-order valence-corrected chi connectivity index (χ2v) is 5.72. The zero-order valence-corrected chi connectivity index (χ0v) is 13.0. The molecule has 110 valence electrons. The number of nitrogens with zero attached hydrogens (tertiary/aromatic N) is 1. The van der Waals surface area contributed by atoms with Gasteiger partial charge in [0.15, 0.2) is 0 Å². The van der Waals surface area contributed by atoms with Crippen molar-refractivity contribution in [2.75, 3.05) is 7.05 Å². The largest absolute Gasteiger partial charge is 0.340 e.